The molecule has 1 amide bonds. The molecule has 0 aliphatic heterocycles. The molecule has 3 rings (SSSR count). The van der Waals surface area contributed by atoms with Gasteiger partial charge < -0.3 is 10.1 Å². The quantitative estimate of drug-likeness (QED) is 0.506. The third-order valence-electron chi connectivity index (χ3n) is 4.01. The number of aromatic nitrogens is 1. The molecule has 1 heterocycles. The molecule has 132 valence electrons. The third-order valence-corrected chi connectivity index (χ3v) is 4.01. The molecular weight excluding hydrogens is 324 g/mol. The molecular formula is C22H22N2O2. The fraction of sp³-hybridized carbons (Fsp3) is 0.182. The maximum absolute atomic E-state index is 12.4. The number of nitrogens with one attached hydrogen (secondary N) is 1. The highest BCUT2D eigenvalue weighted by Gasteiger charge is 2.07. The first kappa shape index (κ1) is 17.7. The summed E-state index contributed by atoms with van der Waals surface area (Å²) in [6.07, 6.45) is 6.71. The minimum absolute atomic E-state index is 0.102. The summed E-state index contributed by atoms with van der Waals surface area (Å²) in [6, 6.07) is 17.1. The average Bonchev–Trinajstić information content (AvgIpc) is 2.69. The van der Waals surface area contributed by atoms with Crippen LogP contribution < -0.4 is 10.1 Å². The van der Waals surface area contributed by atoms with Gasteiger partial charge in [0.15, 0.2) is 0 Å². The SMILES string of the molecule is CC=CCCOc1cccc(CNC(=O)c2ccc3ncccc3c2)c1. The molecule has 1 aromatic heterocycles. The lowest BCUT2D eigenvalue weighted by atomic mass is 10.1. The molecule has 3 aromatic rings. The van der Waals surface area contributed by atoms with Crippen LogP contribution in [0.2, 0.25) is 0 Å². The van der Waals surface area contributed by atoms with Crippen molar-refractivity contribution in [1.29, 1.82) is 0 Å². The van der Waals surface area contributed by atoms with Crippen molar-refractivity contribution in [3.8, 4) is 5.75 Å². The smallest absolute Gasteiger partial charge is 0.251 e. The molecule has 0 aliphatic carbocycles. The third kappa shape index (κ3) is 4.70. The van der Waals surface area contributed by atoms with Gasteiger partial charge in [-0.2, -0.15) is 0 Å². The van der Waals surface area contributed by atoms with Gasteiger partial charge in [-0.25, -0.2) is 0 Å². The van der Waals surface area contributed by atoms with Crippen LogP contribution in [0.25, 0.3) is 10.9 Å². The van der Waals surface area contributed by atoms with E-state index in [4.69, 9.17) is 4.74 Å². The molecule has 4 nitrogen and oxygen atoms in total. The Morgan fingerprint density at radius 2 is 2.08 bits per heavy atom. The highest BCUT2D eigenvalue weighted by Crippen LogP contribution is 2.15. The van der Waals surface area contributed by atoms with Crippen molar-refractivity contribution in [2.45, 2.75) is 19.9 Å². The van der Waals surface area contributed by atoms with E-state index in [1.807, 2.05) is 61.5 Å². The second kappa shape index (κ2) is 8.81. The number of hydrogen-bond acceptors (Lipinski definition) is 3. The van der Waals surface area contributed by atoms with Gasteiger partial charge in [-0.3, -0.25) is 9.78 Å². The second-order valence-corrected chi connectivity index (χ2v) is 5.95. The molecule has 0 aliphatic rings. The topological polar surface area (TPSA) is 51.2 Å². The van der Waals surface area contributed by atoms with Crippen molar-refractivity contribution >= 4 is 16.8 Å². The summed E-state index contributed by atoms with van der Waals surface area (Å²) in [5.41, 5.74) is 2.51. The van der Waals surface area contributed by atoms with Gasteiger partial charge in [0.25, 0.3) is 5.91 Å². The molecule has 0 spiro atoms. The van der Waals surface area contributed by atoms with Gasteiger partial charge in [0, 0.05) is 23.7 Å². The van der Waals surface area contributed by atoms with Gasteiger partial charge in [-0.05, 0) is 55.3 Å². The number of rotatable bonds is 7. The van der Waals surface area contributed by atoms with E-state index in [9.17, 15) is 4.79 Å². The van der Waals surface area contributed by atoms with Crippen LogP contribution in [0.15, 0.2) is 72.9 Å². The second-order valence-electron chi connectivity index (χ2n) is 5.95. The number of carbonyl (C=O) groups is 1. The molecule has 0 atom stereocenters. The summed E-state index contributed by atoms with van der Waals surface area (Å²) in [5, 5.41) is 3.91. The molecule has 0 bridgehead atoms. The monoisotopic (exact) mass is 346 g/mol. The zero-order valence-electron chi connectivity index (χ0n) is 14.8. The summed E-state index contributed by atoms with van der Waals surface area (Å²) in [6.45, 7) is 3.09. The van der Waals surface area contributed by atoms with Crippen LogP contribution in [-0.4, -0.2) is 17.5 Å². The van der Waals surface area contributed by atoms with Crippen LogP contribution in [0.5, 0.6) is 5.75 Å². The van der Waals surface area contributed by atoms with Crippen LogP contribution in [0, 0.1) is 0 Å². The normalized spacial score (nSPS) is 11.0. The summed E-state index contributed by atoms with van der Waals surface area (Å²) in [7, 11) is 0. The number of ether oxygens (including phenoxy) is 1. The Bertz CT molecular complexity index is 919. The minimum atomic E-state index is -0.102. The fourth-order valence-corrected chi connectivity index (χ4v) is 2.66. The van der Waals surface area contributed by atoms with Crippen LogP contribution in [-0.2, 0) is 6.54 Å². The van der Waals surface area contributed by atoms with Crippen molar-refractivity contribution < 1.29 is 9.53 Å². The van der Waals surface area contributed by atoms with Crippen molar-refractivity contribution in [2.24, 2.45) is 0 Å². The zero-order valence-corrected chi connectivity index (χ0v) is 14.8. The van der Waals surface area contributed by atoms with Crippen molar-refractivity contribution in [2.75, 3.05) is 6.61 Å². The Hall–Kier alpha value is -3.14. The maximum atomic E-state index is 12.4. The van der Waals surface area contributed by atoms with Gasteiger partial charge in [0.05, 0.1) is 12.1 Å². The molecule has 0 saturated heterocycles. The fourth-order valence-electron chi connectivity index (χ4n) is 2.66. The number of fused-ring (bicyclic) bond motifs is 1. The molecule has 0 radical (unpaired) electrons. The highest BCUT2D eigenvalue weighted by atomic mass is 16.5. The predicted octanol–water partition coefficient (Wildman–Crippen LogP) is 4.51. The number of hydrogen-bond donors (Lipinski definition) is 1. The van der Waals surface area contributed by atoms with Crippen molar-refractivity contribution in [3.63, 3.8) is 0 Å². The Kier molecular flexibility index (Phi) is 5.99. The minimum Gasteiger partial charge on any atom is -0.493 e. The lowest BCUT2D eigenvalue weighted by molar-refractivity contribution is 0.0951. The highest BCUT2D eigenvalue weighted by molar-refractivity contribution is 5.97. The number of amides is 1. The lowest BCUT2D eigenvalue weighted by Gasteiger charge is -2.09. The molecule has 0 fully saturated rings. The van der Waals surface area contributed by atoms with Crippen LogP contribution in [0.3, 0.4) is 0 Å². The van der Waals surface area contributed by atoms with Gasteiger partial charge in [0.1, 0.15) is 5.75 Å². The Morgan fingerprint density at radius 1 is 1.15 bits per heavy atom. The zero-order chi connectivity index (χ0) is 18.2. The predicted molar refractivity (Wildman–Crippen MR) is 104 cm³/mol. The average molecular weight is 346 g/mol. The maximum Gasteiger partial charge on any atom is 0.251 e. The standard InChI is InChI=1S/C22H22N2O2/c1-2-3-4-13-26-20-9-5-7-17(14-20)16-24-22(25)19-10-11-21-18(15-19)8-6-12-23-21/h2-3,5-12,14-15H,4,13,16H2,1H3,(H,24,25). The summed E-state index contributed by atoms with van der Waals surface area (Å²) >= 11 is 0. The van der Waals surface area contributed by atoms with Crippen molar-refractivity contribution in [3.05, 3.63) is 84.1 Å². The van der Waals surface area contributed by atoms with E-state index in [0.717, 1.165) is 28.6 Å². The van der Waals surface area contributed by atoms with Gasteiger partial charge in [0.2, 0.25) is 0 Å². The number of nitrogens with zero attached hydrogens (tertiary/aromatic N) is 1. The van der Waals surface area contributed by atoms with Gasteiger partial charge >= 0.3 is 0 Å². The van der Waals surface area contributed by atoms with E-state index >= 15 is 0 Å². The first-order valence-electron chi connectivity index (χ1n) is 8.72. The Balaban J connectivity index is 1.59. The van der Waals surface area contributed by atoms with E-state index in [0.29, 0.717) is 18.7 Å². The summed E-state index contributed by atoms with van der Waals surface area (Å²) in [5.74, 6) is 0.716. The van der Waals surface area contributed by atoms with Gasteiger partial charge in [-0.1, -0.05) is 30.4 Å². The molecule has 1 N–H and O–H groups in total. The molecule has 26 heavy (non-hydrogen) atoms. The number of allylic oxidation sites excluding steroid dienone is 1. The first-order chi connectivity index (χ1) is 12.8. The molecule has 0 saturated carbocycles. The first-order valence-corrected chi connectivity index (χ1v) is 8.72. The lowest BCUT2D eigenvalue weighted by Crippen LogP contribution is -2.22. The van der Waals surface area contributed by atoms with E-state index < -0.39 is 0 Å². The summed E-state index contributed by atoms with van der Waals surface area (Å²) < 4.78 is 5.72. The van der Waals surface area contributed by atoms with E-state index in [2.05, 4.69) is 16.4 Å². The van der Waals surface area contributed by atoms with E-state index in [-0.39, 0.29) is 5.91 Å². The van der Waals surface area contributed by atoms with Gasteiger partial charge in [-0.15, -0.1) is 0 Å². The van der Waals surface area contributed by atoms with Crippen molar-refractivity contribution in [1.82, 2.24) is 10.3 Å². The number of pyridine rings is 1. The number of benzene rings is 2. The number of carbonyl (C=O) groups excluding carboxylic acids is 1. The molecule has 2 aromatic carbocycles. The molecule has 0 unspecified atom stereocenters. The van der Waals surface area contributed by atoms with E-state index in [1.54, 1.807) is 12.3 Å². The molecule has 4 heteroatoms. The largest absolute Gasteiger partial charge is 0.493 e. The van der Waals surface area contributed by atoms with E-state index in [1.165, 1.54) is 0 Å². The van der Waals surface area contributed by atoms with Crippen LogP contribution in [0.1, 0.15) is 29.3 Å². The Morgan fingerprint density at radius 3 is 2.96 bits per heavy atom. The van der Waals surface area contributed by atoms with Crippen LogP contribution >= 0.6 is 0 Å². The summed E-state index contributed by atoms with van der Waals surface area (Å²) in [4.78, 5) is 16.7. The van der Waals surface area contributed by atoms with Crippen LogP contribution in [0.4, 0.5) is 0 Å². The Labute approximate surface area is 153 Å².